The van der Waals surface area contributed by atoms with E-state index in [0.29, 0.717) is 86.5 Å². The zero-order valence-corrected chi connectivity index (χ0v) is 36.1. The first-order valence-electron chi connectivity index (χ1n) is 21.2. The molecule has 16 nitrogen and oxygen atoms in total. The van der Waals surface area contributed by atoms with E-state index in [9.17, 15) is 10.2 Å². The summed E-state index contributed by atoms with van der Waals surface area (Å²) in [5.74, 6) is 2.42. The number of aliphatic hydroxyl groups is 2. The lowest BCUT2D eigenvalue weighted by molar-refractivity contribution is 0.0557. The normalized spacial score (nSPS) is 22.7. The summed E-state index contributed by atoms with van der Waals surface area (Å²) in [6.45, 7) is 8.58. The Labute approximate surface area is 358 Å². The minimum absolute atomic E-state index is 0.223. The van der Waals surface area contributed by atoms with Gasteiger partial charge in [-0.15, -0.1) is 0 Å². The van der Waals surface area contributed by atoms with Crippen molar-refractivity contribution in [2.45, 2.75) is 63.1 Å². The largest absolute Gasteiger partial charge is 0.467 e. The molecule has 4 fully saturated rings. The van der Waals surface area contributed by atoms with Gasteiger partial charge in [-0.25, -0.2) is 18.1 Å². The number of likely N-dealkylation sites (N-methyl/N-ethyl adjacent to an activating group) is 2. The van der Waals surface area contributed by atoms with Gasteiger partial charge in [0, 0.05) is 62.2 Å². The second-order valence-corrected chi connectivity index (χ2v) is 17.4. The first-order valence-corrected chi connectivity index (χ1v) is 21.2. The zero-order valence-electron chi connectivity index (χ0n) is 36.1. The summed E-state index contributed by atoms with van der Waals surface area (Å²) >= 11 is 0. The van der Waals surface area contributed by atoms with Crippen LogP contribution >= 0.6 is 0 Å². The fraction of sp³-hybridized carbons (Fsp3) is 0.500. The number of ether oxygens (including phenoxy) is 2. The Balaban J connectivity index is 0.000000158. The molecular weight excluding hydrogens is 799 g/mol. The SMILES string of the molecule is COc1nc(N2CC(O)C2)cc(-n2ncc3cc(C)c([C@@]4(F)CCCN(C)C4)cc32)n1.COc1nc(N2CC(O)C2)cc(-n2ncc3cc(C)c([C@]4(F)CCCN(C)C4)cc32)n1. The van der Waals surface area contributed by atoms with Gasteiger partial charge in [-0.2, -0.15) is 30.1 Å². The number of aliphatic hydroxyl groups excluding tert-OH is 2. The molecule has 4 aliphatic heterocycles. The topological polar surface area (TPSA) is 159 Å². The van der Waals surface area contributed by atoms with Gasteiger partial charge < -0.3 is 39.3 Å². The summed E-state index contributed by atoms with van der Waals surface area (Å²) in [6.07, 6.45) is 5.53. The number of nitrogens with zero attached hydrogens (tertiary/aromatic N) is 12. The summed E-state index contributed by atoms with van der Waals surface area (Å²) < 4.78 is 46.0. The summed E-state index contributed by atoms with van der Waals surface area (Å²) in [5.41, 5.74) is 2.09. The third-order valence-corrected chi connectivity index (χ3v) is 12.6. The number of benzene rings is 2. The monoisotopic (exact) mass is 852 g/mol. The zero-order chi connectivity index (χ0) is 43.5. The van der Waals surface area contributed by atoms with Crippen LogP contribution in [-0.4, -0.2) is 152 Å². The van der Waals surface area contributed by atoms with E-state index in [4.69, 9.17) is 9.47 Å². The van der Waals surface area contributed by atoms with Crippen molar-refractivity contribution in [2.24, 2.45) is 0 Å². The lowest BCUT2D eigenvalue weighted by Gasteiger charge is -2.37. The highest BCUT2D eigenvalue weighted by molar-refractivity contribution is 5.83. The van der Waals surface area contributed by atoms with E-state index in [0.717, 1.165) is 58.9 Å². The molecule has 10 rings (SSSR count). The van der Waals surface area contributed by atoms with E-state index in [1.165, 1.54) is 14.2 Å². The average Bonchev–Trinajstić information content (AvgIpc) is 3.84. The molecule has 6 aromatic rings. The van der Waals surface area contributed by atoms with Gasteiger partial charge in [-0.3, -0.25) is 0 Å². The number of methoxy groups -OCH3 is 2. The lowest BCUT2D eigenvalue weighted by Crippen LogP contribution is -2.51. The number of hydrogen-bond acceptors (Lipinski definition) is 14. The van der Waals surface area contributed by atoms with Gasteiger partial charge in [-0.1, -0.05) is 0 Å². The first-order chi connectivity index (χ1) is 29.7. The second kappa shape index (κ2) is 16.3. The van der Waals surface area contributed by atoms with Gasteiger partial charge in [0.2, 0.25) is 0 Å². The second-order valence-electron chi connectivity index (χ2n) is 17.4. The molecule has 8 heterocycles. The summed E-state index contributed by atoms with van der Waals surface area (Å²) in [7, 11) is 6.96. The number of hydrogen-bond donors (Lipinski definition) is 2. The van der Waals surface area contributed by atoms with Crippen molar-refractivity contribution in [3.8, 4) is 23.7 Å². The molecule has 328 valence electrons. The molecule has 0 radical (unpaired) electrons. The quantitative estimate of drug-likeness (QED) is 0.222. The number of anilines is 2. The molecule has 0 bridgehead atoms. The van der Waals surface area contributed by atoms with Gasteiger partial charge in [0.25, 0.3) is 0 Å². The maximum Gasteiger partial charge on any atom is 0.320 e. The van der Waals surface area contributed by atoms with Crippen LogP contribution in [0.4, 0.5) is 20.4 Å². The summed E-state index contributed by atoms with van der Waals surface area (Å²) in [6, 6.07) is 11.9. The number of piperidine rings is 2. The van der Waals surface area contributed by atoms with E-state index in [2.05, 4.69) is 30.1 Å². The number of fused-ring (bicyclic) bond motifs is 2. The minimum atomic E-state index is -1.39. The fourth-order valence-electron chi connectivity index (χ4n) is 9.39. The molecule has 2 aromatic carbocycles. The van der Waals surface area contributed by atoms with E-state index in [1.54, 1.807) is 21.8 Å². The Morgan fingerprint density at radius 3 is 1.34 bits per heavy atom. The highest BCUT2D eigenvalue weighted by atomic mass is 19.1. The molecule has 2 N–H and O–H groups in total. The molecule has 62 heavy (non-hydrogen) atoms. The number of likely N-dealkylation sites (tertiary alicyclic amines) is 2. The van der Waals surface area contributed by atoms with E-state index >= 15 is 8.78 Å². The third-order valence-electron chi connectivity index (χ3n) is 12.6. The van der Waals surface area contributed by atoms with Crippen LogP contribution < -0.4 is 19.3 Å². The Morgan fingerprint density at radius 1 is 0.597 bits per heavy atom. The third kappa shape index (κ3) is 7.88. The Bertz CT molecular complexity index is 2430. The van der Waals surface area contributed by atoms with Crippen LogP contribution in [-0.2, 0) is 11.3 Å². The number of halogens is 2. The number of aryl methyl sites for hydroxylation is 2. The minimum Gasteiger partial charge on any atom is -0.467 e. The number of β-amino-alcohol motifs (C(OH)–C–C–N with tert-alkyl or cyclic N) is 2. The lowest BCUT2D eigenvalue weighted by atomic mass is 9.84. The maximum atomic E-state index is 16.0. The van der Waals surface area contributed by atoms with Crippen molar-refractivity contribution in [1.29, 1.82) is 0 Å². The van der Waals surface area contributed by atoms with Crippen LogP contribution in [0.5, 0.6) is 12.0 Å². The molecule has 2 atom stereocenters. The Kier molecular flexibility index (Phi) is 11.0. The van der Waals surface area contributed by atoms with E-state index < -0.39 is 11.3 Å². The van der Waals surface area contributed by atoms with Crippen LogP contribution in [0.2, 0.25) is 0 Å². The molecule has 4 saturated heterocycles. The number of aromatic nitrogens is 8. The molecule has 0 unspecified atom stereocenters. The molecule has 0 spiro atoms. The first kappa shape index (κ1) is 41.8. The van der Waals surface area contributed by atoms with E-state index in [-0.39, 0.29) is 24.2 Å². The highest BCUT2D eigenvalue weighted by Crippen LogP contribution is 2.41. The summed E-state index contributed by atoms with van der Waals surface area (Å²) in [5, 5.41) is 30.2. The smallest absolute Gasteiger partial charge is 0.320 e. The molecule has 4 aromatic heterocycles. The van der Waals surface area contributed by atoms with Crippen molar-refractivity contribution in [3.63, 3.8) is 0 Å². The summed E-state index contributed by atoms with van der Waals surface area (Å²) in [4.78, 5) is 25.7. The molecular formula is C44H54F2N12O4. The van der Waals surface area contributed by atoms with Crippen molar-refractivity contribution in [3.05, 3.63) is 71.0 Å². The van der Waals surface area contributed by atoms with Gasteiger partial charge in [-0.05, 0) is 113 Å². The van der Waals surface area contributed by atoms with Crippen LogP contribution in [0.3, 0.4) is 0 Å². The van der Waals surface area contributed by atoms with Crippen LogP contribution in [0.25, 0.3) is 33.4 Å². The van der Waals surface area contributed by atoms with Crippen molar-refractivity contribution in [1.82, 2.24) is 49.3 Å². The van der Waals surface area contributed by atoms with E-state index in [1.807, 2.05) is 83.9 Å². The molecule has 0 saturated carbocycles. The van der Waals surface area contributed by atoms with Crippen LogP contribution in [0, 0.1) is 13.8 Å². The molecule has 0 amide bonds. The maximum absolute atomic E-state index is 16.0. The standard InChI is InChI=1S/2C22H27FN6O2/c2*1-14-7-15-10-24-29(18(15)8-17(14)22(23)5-4-6-27(2)13-22)20-9-19(25-21(26-20)31-3)28-11-16(30)12-28/h2*7-10,16,30H,4-6,11-13H2,1-3H3/t2*22-/m10/s1. The highest BCUT2D eigenvalue weighted by Gasteiger charge is 2.39. The molecule has 18 heteroatoms. The van der Waals surface area contributed by atoms with Crippen LogP contribution in [0.1, 0.15) is 47.9 Å². The fourth-order valence-corrected chi connectivity index (χ4v) is 9.39. The number of rotatable bonds is 8. The Hall–Kier alpha value is -5.56. The van der Waals surface area contributed by atoms with Crippen molar-refractivity contribution < 1.29 is 28.5 Å². The van der Waals surface area contributed by atoms with Gasteiger partial charge in [0.05, 0.1) is 49.9 Å². The average molecular weight is 853 g/mol. The van der Waals surface area contributed by atoms with Crippen molar-refractivity contribution in [2.75, 3.05) is 90.5 Å². The Morgan fingerprint density at radius 2 is 0.984 bits per heavy atom. The van der Waals surface area contributed by atoms with Gasteiger partial charge in [0.1, 0.15) is 23.0 Å². The molecule has 0 aliphatic carbocycles. The predicted molar refractivity (Wildman–Crippen MR) is 231 cm³/mol. The predicted octanol–water partition coefficient (Wildman–Crippen LogP) is 4.41. The van der Waals surface area contributed by atoms with Gasteiger partial charge >= 0.3 is 12.0 Å². The van der Waals surface area contributed by atoms with Gasteiger partial charge in [0.15, 0.2) is 11.6 Å². The van der Waals surface area contributed by atoms with Crippen LogP contribution in [0.15, 0.2) is 48.8 Å². The number of alkyl halides is 2. The van der Waals surface area contributed by atoms with Crippen molar-refractivity contribution >= 4 is 33.4 Å². The molecule has 4 aliphatic rings.